The molecule has 30 heavy (non-hydrogen) atoms. The molecule has 2 N–H and O–H groups in total. The van der Waals surface area contributed by atoms with Gasteiger partial charge in [0.2, 0.25) is 12.0 Å². The first kappa shape index (κ1) is 19.7. The van der Waals surface area contributed by atoms with Gasteiger partial charge < -0.3 is 19.6 Å². The molecule has 1 unspecified atom stereocenters. The highest BCUT2D eigenvalue weighted by Crippen LogP contribution is 2.39. The van der Waals surface area contributed by atoms with Crippen LogP contribution in [0.1, 0.15) is 17.4 Å². The zero-order chi connectivity index (χ0) is 21.1. The van der Waals surface area contributed by atoms with Crippen LogP contribution in [0.15, 0.2) is 70.5 Å². The molecular weight excluding hydrogens is 400 g/mol. The highest BCUT2D eigenvalue weighted by atomic mass is 32.1. The number of carbonyl (C=O) groups excluding carboxylic acids is 1. The second kappa shape index (κ2) is 8.42. The van der Waals surface area contributed by atoms with Crippen molar-refractivity contribution in [1.82, 2.24) is 4.98 Å². The van der Waals surface area contributed by atoms with Crippen molar-refractivity contribution >= 4 is 23.0 Å². The number of aromatic nitrogens is 1. The van der Waals surface area contributed by atoms with Crippen LogP contribution in [0.2, 0.25) is 0 Å². The smallest absolute Gasteiger partial charge is 0.351 e. The van der Waals surface area contributed by atoms with Gasteiger partial charge in [0.1, 0.15) is 17.2 Å². The predicted molar refractivity (Wildman–Crippen MR) is 116 cm³/mol. The normalized spacial score (nSPS) is 11.8. The molecule has 0 radical (unpaired) electrons. The zero-order valence-electron chi connectivity index (χ0n) is 16.5. The molecule has 4 aromatic rings. The maximum atomic E-state index is 12.5. The van der Waals surface area contributed by atoms with Gasteiger partial charge >= 0.3 is 5.97 Å². The standard InChI is InChI=1S/C23H20N2O4S/c1-14-10-11-18(28-14)16-13-17(19-9-6-12-30-19)25-22(20(16)24)29-21(23(26)27-2)15-7-4-3-5-8-15/h3-13,21H,24H2,1-2H3. The van der Waals surface area contributed by atoms with Gasteiger partial charge in [0.25, 0.3) is 0 Å². The van der Waals surface area contributed by atoms with Crippen molar-refractivity contribution in [3.63, 3.8) is 0 Å². The molecule has 152 valence electrons. The number of thiophene rings is 1. The number of hydrogen-bond donors (Lipinski definition) is 1. The van der Waals surface area contributed by atoms with Crippen LogP contribution in [-0.4, -0.2) is 18.1 Å². The summed E-state index contributed by atoms with van der Waals surface area (Å²) < 4.78 is 16.8. The van der Waals surface area contributed by atoms with E-state index in [1.807, 2.05) is 60.8 Å². The van der Waals surface area contributed by atoms with Crippen molar-refractivity contribution in [3.8, 4) is 27.8 Å². The molecule has 3 aromatic heterocycles. The van der Waals surface area contributed by atoms with E-state index >= 15 is 0 Å². The van der Waals surface area contributed by atoms with Crippen molar-refractivity contribution in [2.75, 3.05) is 12.8 Å². The average molecular weight is 420 g/mol. The number of nitrogens with zero attached hydrogens (tertiary/aromatic N) is 1. The minimum atomic E-state index is -1.00. The Labute approximate surface area is 177 Å². The number of furan rings is 1. The van der Waals surface area contributed by atoms with Crippen molar-refractivity contribution < 1.29 is 18.7 Å². The van der Waals surface area contributed by atoms with Crippen LogP contribution < -0.4 is 10.5 Å². The Morgan fingerprint density at radius 2 is 1.93 bits per heavy atom. The van der Waals surface area contributed by atoms with E-state index in [0.717, 1.165) is 10.6 Å². The van der Waals surface area contributed by atoms with Gasteiger partial charge in [-0.25, -0.2) is 9.78 Å². The third-order valence-electron chi connectivity index (χ3n) is 4.55. The lowest BCUT2D eigenvalue weighted by Crippen LogP contribution is -2.21. The summed E-state index contributed by atoms with van der Waals surface area (Å²) in [5.74, 6) is 0.964. The maximum absolute atomic E-state index is 12.5. The molecule has 0 amide bonds. The molecule has 7 heteroatoms. The van der Waals surface area contributed by atoms with Crippen LogP contribution >= 0.6 is 11.3 Å². The van der Waals surface area contributed by atoms with Gasteiger partial charge in [-0.05, 0) is 36.6 Å². The molecule has 0 fully saturated rings. The van der Waals surface area contributed by atoms with E-state index in [4.69, 9.17) is 19.6 Å². The third-order valence-corrected chi connectivity index (χ3v) is 5.44. The Morgan fingerprint density at radius 1 is 1.13 bits per heavy atom. The Balaban J connectivity index is 1.83. The zero-order valence-corrected chi connectivity index (χ0v) is 17.3. The highest BCUT2D eigenvalue weighted by molar-refractivity contribution is 7.13. The number of esters is 1. The molecule has 6 nitrogen and oxygen atoms in total. The summed E-state index contributed by atoms with van der Waals surface area (Å²) in [7, 11) is 1.32. The van der Waals surface area contributed by atoms with Crippen LogP contribution in [0, 0.1) is 6.92 Å². The largest absolute Gasteiger partial charge is 0.466 e. The number of ether oxygens (including phenoxy) is 2. The number of benzene rings is 1. The highest BCUT2D eigenvalue weighted by Gasteiger charge is 2.27. The minimum Gasteiger partial charge on any atom is -0.466 e. The molecule has 0 bridgehead atoms. The van der Waals surface area contributed by atoms with Gasteiger partial charge in [-0.1, -0.05) is 36.4 Å². The quantitative estimate of drug-likeness (QED) is 0.429. The van der Waals surface area contributed by atoms with Gasteiger partial charge in [-0.3, -0.25) is 0 Å². The van der Waals surface area contributed by atoms with Crippen molar-refractivity contribution in [2.24, 2.45) is 0 Å². The topological polar surface area (TPSA) is 87.6 Å². The first-order valence-electron chi connectivity index (χ1n) is 9.27. The number of hydrogen-bond acceptors (Lipinski definition) is 7. The number of nitrogen functional groups attached to an aromatic ring is 1. The second-order valence-corrected chi connectivity index (χ2v) is 7.54. The van der Waals surface area contributed by atoms with E-state index in [9.17, 15) is 4.79 Å². The predicted octanol–water partition coefficient (Wildman–Crippen LogP) is 5.25. The summed E-state index contributed by atoms with van der Waals surface area (Å²) in [5.41, 5.74) is 8.67. The fourth-order valence-electron chi connectivity index (χ4n) is 3.05. The lowest BCUT2D eigenvalue weighted by atomic mass is 10.1. The summed E-state index contributed by atoms with van der Waals surface area (Å²) in [6.45, 7) is 1.86. The fourth-order valence-corrected chi connectivity index (χ4v) is 3.74. The molecular formula is C23H20N2O4S. The van der Waals surface area contributed by atoms with Crippen LogP contribution in [0.3, 0.4) is 0 Å². The Kier molecular flexibility index (Phi) is 5.54. The SMILES string of the molecule is COC(=O)C(Oc1nc(-c2cccs2)cc(-c2ccc(C)o2)c1N)c1ccccc1. The summed E-state index contributed by atoms with van der Waals surface area (Å²) >= 11 is 1.54. The molecule has 0 saturated carbocycles. The van der Waals surface area contributed by atoms with Crippen molar-refractivity contribution in [3.05, 3.63) is 77.4 Å². The molecule has 0 aliphatic heterocycles. The van der Waals surface area contributed by atoms with Gasteiger partial charge in [0.05, 0.1) is 17.7 Å². The van der Waals surface area contributed by atoms with Gasteiger partial charge in [-0.15, -0.1) is 11.3 Å². The van der Waals surface area contributed by atoms with Crippen LogP contribution in [0.25, 0.3) is 21.9 Å². The number of rotatable bonds is 6. The van der Waals surface area contributed by atoms with Crippen molar-refractivity contribution in [2.45, 2.75) is 13.0 Å². The first-order chi connectivity index (χ1) is 14.6. The number of pyridine rings is 1. The number of carbonyl (C=O) groups is 1. The minimum absolute atomic E-state index is 0.143. The van der Waals surface area contributed by atoms with E-state index in [1.54, 1.807) is 23.5 Å². The first-order valence-corrected chi connectivity index (χ1v) is 10.2. The number of methoxy groups -OCH3 is 1. The number of anilines is 1. The molecule has 0 aliphatic carbocycles. The molecule has 0 spiro atoms. The fraction of sp³-hybridized carbons (Fsp3) is 0.130. The molecule has 3 heterocycles. The van der Waals surface area contributed by atoms with Gasteiger partial charge in [-0.2, -0.15) is 0 Å². The summed E-state index contributed by atoms with van der Waals surface area (Å²) in [5, 5.41) is 1.96. The summed E-state index contributed by atoms with van der Waals surface area (Å²) in [6.07, 6.45) is -1.00. The molecule has 1 atom stereocenters. The van der Waals surface area contributed by atoms with Crippen LogP contribution in [0.4, 0.5) is 5.69 Å². The molecule has 0 saturated heterocycles. The number of aryl methyl sites for hydroxylation is 1. The molecule has 0 aliphatic rings. The van der Waals surface area contributed by atoms with Gasteiger partial charge in [0.15, 0.2) is 0 Å². The van der Waals surface area contributed by atoms with Crippen LogP contribution in [0.5, 0.6) is 5.88 Å². The van der Waals surface area contributed by atoms with E-state index < -0.39 is 12.1 Å². The van der Waals surface area contributed by atoms with E-state index in [-0.39, 0.29) is 11.6 Å². The van der Waals surface area contributed by atoms with E-state index in [0.29, 0.717) is 22.6 Å². The van der Waals surface area contributed by atoms with Crippen LogP contribution in [-0.2, 0) is 9.53 Å². The monoisotopic (exact) mass is 420 g/mol. The third kappa shape index (κ3) is 3.92. The summed E-state index contributed by atoms with van der Waals surface area (Å²) in [6, 6.07) is 18.6. The maximum Gasteiger partial charge on any atom is 0.351 e. The lowest BCUT2D eigenvalue weighted by molar-refractivity contribution is -0.149. The lowest BCUT2D eigenvalue weighted by Gasteiger charge is -2.19. The van der Waals surface area contributed by atoms with Crippen molar-refractivity contribution in [1.29, 1.82) is 0 Å². The average Bonchev–Trinajstić information content (AvgIpc) is 3.45. The van der Waals surface area contributed by atoms with E-state index in [1.165, 1.54) is 7.11 Å². The second-order valence-electron chi connectivity index (χ2n) is 6.59. The molecule has 4 rings (SSSR count). The number of nitrogens with two attached hydrogens (primary N) is 1. The Bertz CT molecular complexity index is 1150. The van der Waals surface area contributed by atoms with Gasteiger partial charge in [0, 0.05) is 11.1 Å². The summed E-state index contributed by atoms with van der Waals surface area (Å²) in [4.78, 5) is 18.0. The Morgan fingerprint density at radius 3 is 2.57 bits per heavy atom. The molecule has 1 aromatic carbocycles. The Hall–Kier alpha value is -3.58. The van der Waals surface area contributed by atoms with E-state index in [2.05, 4.69) is 4.98 Å².